The lowest BCUT2D eigenvalue weighted by Gasteiger charge is -2.19. The molecule has 2 amide bonds. The van der Waals surface area contributed by atoms with Crippen LogP contribution >= 0.6 is 11.6 Å². The van der Waals surface area contributed by atoms with Crippen LogP contribution in [0.3, 0.4) is 0 Å². The molecule has 0 saturated carbocycles. The third-order valence-corrected chi connectivity index (χ3v) is 4.95. The minimum atomic E-state index is -0.432. The number of nitrogens with one attached hydrogen (secondary N) is 2. The number of likely N-dealkylation sites (N-methyl/N-ethyl adjacent to an activating group) is 1. The first-order valence-corrected chi connectivity index (χ1v) is 9.94. The summed E-state index contributed by atoms with van der Waals surface area (Å²) < 4.78 is 5.52. The first-order valence-electron chi connectivity index (χ1n) is 9.56. The van der Waals surface area contributed by atoms with E-state index in [2.05, 4.69) is 10.3 Å². The minimum Gasteiger partial charge on any atom is -0.482 e. The Morgan fingerprint density at radius 3 is 2.53 bits per heavy atom. The third-order valence-electron chi connectivity index (χ3n) is 4.65. The third kappa shape index (κ3) is 4.80. The lowest BCUT2D eigenvalue weighted by atomic mass is 10.1. The van der Waals surface area contributed by atoms with Crippen molar-refractivity contribution in [2.45, 2.75) is 13.8 Å². The van der Waals surface area contributed by atoms with Crippen LogP contribution in [0, 0.1) is 0 Å². The molecule has 2 aromatic carbocycles. The highest BCUT2D eigenvalue weighted by Crippen LogP contribution is 2.28. The lowest BCUT2D eigenvalue weighted by Crippen LogP contribution is -2.34. The van der Waals surface area contributed by atoms with Gasteiger partial charge in [0.1, 0.15) is 5.75 Å². The molecule has 1 heterocycles. The Morgan fingerprint density at radius 2 is 1.83 bits per heavy atom. The molecule has 0 unspecified atom stereocenters. The molecule has 3 rings (SSSR count). The van der Waals surface area contributed by atoms with Gasteiger partial charge in [0, 0.05) is 35.7 Å². The van der Waals surface area contributed by atoms with Crippen molar-refractivity contribution in [3.63, 3.8) is 0 Å². The molecule has 7 nitrogen and oxygen atoms in total. The van der Waals surface area contributed by atoms with Crippen LogP contribution in [0.25, 0.3) is 10.9 Å². The number of pyridine rings is 1. The first-order chi connectivity index (χ1) is 14.4. The molecule has 0 spiro atoms. The molecule has 2 N–H and O–H groups in total. The van der Waals surface area contributed by atoms with E-state index >= 15 is 0 Å². The second-order valence-corrected chi connectivity index (χ2v) is 6.95. The minimum absolute atomic E-state index is 0.119. The molecule has 156 valence electrons. The Kier molecular flexibility index (Phi) is 6.74. The second kappa shape index (κ2) is 9.45. The van der Waals surface area contributed by atoms with Crippen molar-refractivity contribution in [3.05, 3.63) is 69.5 Å². The van der Waals surface area contributed by atoms with E-state index in [-0.39, 0.29) is 28.7 Å². The average molecular weight is 428 g/mol. The molecule has 30 heavy (non-hydrogen) atoms. The quantitative estimate of drug-likeness (QED) is 0.601. The standard InChI is InChI=1S/C22H22ClN3O4/c1-3-26(4-2)21(28)13-30-19-10-9-14(11-17(19)23)24-22(29)16-12-20(27)25-18-8-6-5-7-15(16)18/h5-12H,3-4,13H2,1-2H3,(H,24,29)(H,25,27). The molecule has 0 radical (unpaired) electrons. The number of halogens is 1. The van der Waals surface area contributed by atoms with E-state index in [0.717, 1.165) is 0 Å². The summed E-state index contributed by atoms with van der Waals surface area (Å²) in [4.78, 5) is 41.0. The van der Waals surface area contributed by atoms with Gasteiger partial charge in [0.05, 0.1) is 10.6 Å². The van der Waals surface area contributed by atoms with Crippen molar-refractivity contribution in [2.24, 2.45) is 0 Å². The van der Waals surface area contributed by atoms with Crippen molar-refractivity contribution in [1.29, 1.82) is 0 Å². The molecular formula is C22H22ClN3O4. The normalized spacial score (nSPS) is 10.6. The van der Waals surface area contributed by atoms with E-state index in [4.69, 9.17) is 16.3 Å². The maximum absolute atomic E-state index is 12.7. The molecule has 0 fully saturated rings. The molecule has 0 aliphatic heterocycles. The smallest absolute Gasteiger partial charge is 0.260 e. The Hall–Kier alpha value is -3.32. The summed E-state index contributed by atoms with van der Waals surface area (Å²) in [5, 5.41) is 3.63. The number of H-pyrrole nitrogens is 1. The fourth-order valence-electron chi connectivity index (χ4n) is 3.09. The highest BCUT2D eigenvalue weighted by Gasteiger charge is 2.14. The largest absolute Gasteiger partial charge is 0.482 e. The molecule has 1 aromatic heterocycles. The fourth-order valence-corrected chi connectivity index (χ4v) is 3.33. The van der Waals surface area contributed by atoms with Crippen LogP contribution in [-0.2, 0) is 4.79 Å². The van der Waals surface area contributed by atoms with Gasteiger partial charge in [-0.15, -0.1) is 0 Å². The number of aromatic amines is 1. The number of carbonyl (C=O) groups excluding carboxylic acids is 2. The number of anilines is 1. The number of aromatic nitrogens is 1. The number of rotatable bonds is 7. The molecule has 8 heteroatoms. The Balaban J connectivity index is 1.74. The van der Waals surface area contributed by atoms with Gasteiger partial charge in [-0.1, -0.05) is 29.8 Å². The van der Waals surface area contributed by atoms with Crippen LogP contribution < -0.4 is 15.6 Å². The van der Waals surface area contributed by atoms with Gasteiger partial charge in [-0.05, 0) is 38.1 Å². The summed E-state index contributed by atoms with van der Waals surface area (Å²) in [6.07, 6.45) is 0. The summed E-state index contributed by atoms with van der Waals surface area (Å²) >= 11 is 6.25. The summed E-state index contributed by atoms with van der Waals surface area (Å²) in [6.45, 7) is 4.89. The highest BCUT2D eigenvalue weighted by molar-refractivity contribution is 6.32. The van der Waals surface area contributed by atoms with Crippen LogP contribution in [0.2, 0.25) is 5.02 Å². The van der Waals surface area contributed by atoms with Gasteiger partial charge in [0.15, 0.2) is 6.61 Å². The number of ether oxygens (including phenoxy) is 1. The zero-order chi connectivity index (χ0) is 21.7. The Labute approximate surface area is 178 Å². The first kappa shape index (κ1) is 21.4. The number of para-hydroxylation sites is 1. The maximum Gasteiger partial charge on any atom is 0.260 e. The van der Waals surface area contributed by atoms with Gasteiger partial charge >= 0.3 is 0 Å². The Bertz CT molecular complexity index is 1140. The number of benzene rings is 2. The molecule has 0 saturated heterocycles. The monoisotopic (exact) mass is 427 g/mol. The van der Waals surface area contributed by atoms with E-state index in [1.165, 1.54) is 12.1 Å². The van der Waals surface area contributed by atoms with Crippen LogP contribution in [0.5, 0.6) is 5.75 Å². The number of hydrogen-bond donors (Lipinski definition) is 2. The molecule has 3 aromatic rings. The average Bonchev–Trinajstić information content (AvgIpc) is 2.73. The van der Waals surface area contributed by atoms with Crippen molar-refractivity contribution >= 4 is 40.0 Å². The van der Waals surface area contributed by atoms with Gasteiger partial charge in [-0.3, -0.25) is 14.4 Å². The van der Waals surface area contributed by atoms with E-state index in [1.54, 1.807) is 41.3 Å². The maximum atomic E-state index is 12.7. The number of hydrogen-bond acceptors (Lipinski definition) is 4. The zero-order valence-electron chi connectivity index (χ0n) is 16.7. The number of carbonyl (C=O) groups is 2. The number of nitrogens with zero attached hydrogens (tertiary/aromatic N) is 1. The van der Waals surface area contributed by atoms with Gasteiger partial charge in [0.2, 0.25) is 5.56 Å². The highest BCUT2D eigenvalue weighted by atomic mass is 35.5. The van der Waals surface area contributed by atoms with Gasteiger partial charge in [0.25, 0.3) is 11.8 Å². The van der Waals surface area contributed by atoms with E-state index < -0.39 is 5.91 Å². The van der Waals surface area contributed by atoms with E-state index in [0.29, 0.717) is 35.4 Å². The van der Waals surface area contributed by atoms with E-state index in [9.17, 15) is 14.4 Å². The van der Waals surface area contributed by atoms with Crippen LogP contribution in [-0.4, -0.2) is 41.4 Å². The molecule has 0 atom stereocenters. The topological polar surface area (TPSA) is 91.5 Å². The molecule has 0 aliphatic rings. The second-order valence-electron chi connectivity index (χ2n) is 6.55. The summed E-state index contributed by atoms with van der Waals surface area (Å²) in [6, 6.07) is 13.1. The summed E-state index contributed by atoms with van der Waals surface area (Å²) in [5.74, 6) is -0.217. The van der Waals surface area contributed by atoms with Crippen LogP contribution in [0.4, 0.5) is 5.69 Å². The SMILES string of the molecule is CCN(CC)C(=O)COc1ccc(NC(=O)c2cc(=O)[nH]c3ccccc23)cc1Cl. The zero-order valence-corrected chi connectivity index (χ0v) is 17.5. The molecule has 0 bridgehead atoms. The van der Waals surface area contributed by atoms with Crippen molar-refractivity contribution < 1.29 is 14.3 Å². The van der Waals surface area contributed by atoms with Crippen LogP contribution in [0.15, 0.2) is 53.3 Å². The summed E-state index contributed by atoms with van der Waals surface area (Å²) in [7, 11) is 0. The van der Waals surface area contributed by atoms with Gasteiger partial charge in [-0.2, -0.15) is 0 Å². The van der Waals surface area contributed by atoms with E-state index in [1.807, 2.05) is 13.8 Å². The van der Waals surface area contributed by atoms with Crippen LogP contribution in [0.1, 0.15) is 24.2 Å². The van der Waals surface area contributed by atoms with Crippen molar-refractivity contribution in [2.75, 3.05) is 25.0 Å². The Morgan fingerprint density at radius 1 is 1.10 bits per heavy atom. The number of fused-ring (bicyclic) bond motifs is 1. The lowest BCUT2D eigenvalue weighted by molar-refractivity contribution is -0.132. The molecule has 0 aliphatic carbocycles. The fraction of sp³-hybridized carbons (Fsp3) is 0.227. The van der Waals surface area contributed by atoms with Gasteiger partial charge < -0.3 is 19.9 Å². The van der Waals surface area contributed by atoms with Crippen molar-refractivity contribution in [3.8, 4) is 5.75 Å². The van der Waals surface area contributed by atoms with Crippen molar-refractivity contribution in [1.82, 2.24) is 9.88 Å². The predicted octanol–water partition coefficient (Wildman–Crippen LogP) is 3.68. The van der Waals surface area contributed by atoms with Gasteiger partial charge in [-0.25, -0.2) is 0 Å². The number of amides is 2. The predicted molar refractivity (Wildman–Crippen MR) is 117 cm³/mol. The molecular weight excluding hydrogens is 406 g/mol. The summed E-state index contributed by atoms with van der Waals surface area (Å²) in [5.41, 5.74) is 0.917.